The van der Waals surface area contributed by atoms with Crippen LogP contribution in [-0.2, 0) is 14.3 Å². The molecular formula is C27H38N2O4S. The number of carbonyl (C=O) groups is 2. The lowest BCUT2D eigenvalue weighted by molar-refractivity contribution is -0.205. The molecule has 1 aromatic heterocycles. The van der Waals surface area contributed by atoms with Crippen LogP contribution in [0.15, 0.2) is 36.0 Å². The number of nitrogen functional groups attached to an aromatic ring is 1. The Morgan fingerprint density at radius 2 is 2.12 bits per heavy atom. The average Bonchev–Trinajstić information content (AvgIpc) is 3.17. The maximum atomic E-state index is 13.4. The van der Waals surface area contributed by atoms with E-state index in [4.69, 9.17) is 10.5 Å². The van der Waals surface area contributed by atoms with Crippen molar-refractivity contribution >= 4 is 29.2 Å². The van der Waals surface area contributed by atoms with E-state index in [-0.39, 0.29) is 40.7 Å². The second kappa shape index (κ2) is 8.98. The van der Waals surface area contributed by atoms with Crippen molar-refractivity contribution in [1.82, 2.24) is 4.98 Å². The molecule has 2 bridgehead atoms. The maximum absolute atomic E-state index is 13.4. The number of nitrogens with zero attached hydrogens (tertiary/aromatic N) is 1. The van der Waals surface area contributed by atoms with E-state index in [0.717, 1.165) is 24.2 Å². The van der Waals surface area contributed by atoms with Crippen LogP contribution in [0.4, 0.5) is 5.69 Å². The number of ketones is 1. The van der Waals surface area contributed by atoms with Gasteiger partial charge in [-0.25, -0.2) is 0 Å². The Bertz CT molecular complexity index is 985. The zero-order chi connectivity index (χ0) is 24.9. The van der Waals surface area contributed by atoms with Crippen LogP contribution in [0.5, 0.6) is 0 Å². The third kappa shape index (κ3) is 3.79. The normalized spacial score (nSPS) is 41.8. The van der Waals surface area contributed by atoms with Gasteiger partial charge in [-0.1, -0.05) is 33.8 Å². The van der Waals surface area contributed by atoms with Gasteiger partial charge in [0.15, 0.2) is 0 Å². The molecular weight excluding hydrogens is 448 g/mol. The Labute approximate surface area is 207 Å². The lowest BCUT2D eigenvalue weighted by atomic mass is 9.44. The van der Waals surface area contributed by atoms with Crippen LogP contribution in [0.3, 0.4) is 0 Å². The number of nitrogens with two attached hydrogens (primary N) is 1. The van der Waals surface area contributed by atoms with Gasteiger partial charge in [0.2, 0.25) is 0 Å². The molecule has 8 atom stereocenters. The molecule has 0 aromatic carbocycles. The smallest absolute Gasteiger partial charge is 0.316 e. The van der Waals surface area contributed by atoms with E-state index in [0.29, 0.717) is 18.5 Å². The van der Waals surface area contributed by atoms with Crippen LogP contribution in [-0.4, -0.2) is 39.8 Å². The first kappa shape index (κ1) is 25.2. The Morgan fingerprint density at radius 1 is 1.38 bits per heavy atom. The third-order valence-electron chi connectivity index (χ3n) is 9.73. The zero-order valence-corrected chi connectivity index (χ0v) is 21.6. The van der Waals surface area contributed by atoms with Crippen molar-refractivity contribution in [2.45, 2.75) is 76.9 Å². The molecule has 0 amide bonds. The largest absolute Gasteiger partial charge is 0.461 e. The van der Waals surface area contributed by atoms with Crippen LogP contribution in [0, 0.1) is 34.0 Å². The number of esters is 1. The second-order valence-corrected chi connectivity index (χ2v) is 12.3. The number of hydrogen-bond acceptors (Lipinski definition) is 7. The predicted octanol–water partition coefficient (Wildman–Crippen LogP) is 4.66. The van der Waals surface area contributed by atoms with Gasteiger partial charge in [-0.15, -0.1) is 18.3 Å². The van der Waals surface area contributed by atoms with E-state index in [1.165, 1.54) is 11.8 Å². The fraction of sp³-hybridized carbons (Fsp3) is 0.667. The molecule has 34 heavy (non-hydrogen) atoms. The quantitative estimate of drug-likeness (QED) is 0.354. The van der Waals surface area contributed by atoms with Crippen LogP contribution >= 0.6 is 11.8 Å². The Kier molecular flexibility index (Phi) is 6.66. The summed E-state index contributed by atoms with van der Waals surface area (Å²) in [5, 5.41) is 11.6. The number of thioether (sulfide) groups is 1. The summed E-state index contributed by atoms with van der Waals surface area (Å²) in [7, 11) is 0. The van der Waals surface area contributed by atoms with Crippen molar-refractivity contribution in [3.8, 4) is 0 Å². The van der Waals surface area contributed by atoms with Gasteiger partial charge in [0, 0.05) is 34.3 Å². The van der Waals surface area contributed by atoms with Crippen LogP contribution < -0.4 is 5.73 Å². The summed E-state index contributed by atoms with van der Waals surface area (Å²) < 4.78 is 6.25. The highest BCUT2D eigenvalue weighted by atomic mass is 32.2. The molecule has 3 saturated carbocycles. The van der Waals surface area contributed by atoms with E-state index in [9.17, 15) is 14.7 Å². The average molecular weight is 487 g/mol. The van der Waals surface area contributed by atoms with Crippen molar-refractivity contribution < 1.29 is 19.4 Å². The first-order valence-corrected chi connectivity index (χ1v) is 13.3. The number of aliphatic hydroxyl groups is 1. The van der Waals surface area contributed by atoms with Gasteiger partial charge in [0.05, 0.1) is 23.7 Å². The Balaban J connectivity index is 1.69. The number of ether oxygens (including phenoxy) is 1. The van der Waals surface area contributed by atoms with Gasteiger partial charge in [-0.05, 0) is 49.0 Å². The SMILES string of the molecule is C=C[C@]1(C)C[C@@H](OC(=O)CSc2ccncc2N)[C@]2(C)[C@H](C)CC[C@]3(CCC(=O)[C@H]32)[C@@H](C)[C@@H]1O. The van der Waals surface area contributed by atoms with Crippen LogP contribution in [0.25, 0.3) is 0 Å². The van der Waals surface area contributed by atoms with E-state index in [1.54, 1.807) is 18.5 Å². The highest BCUT2D eigenvalue weighted by Gasteiger charge is 2.68. The molecule has 0 saturated heterocycles. The summed E-state index contributed by atoms with van der Waals surface area (Å²) in [6, 6.07) is 1.78. The predicted molar refractivity (Wildman–Crippen MR) is 134 cm³/mol. The summed E-state index contributed by atoms with van der Waals surface area (Å²) in [5.41, 5.74) is 5.10. The van der Waals surface area contributed by atoms with Crippen molar-refractivity contribution in [1.29, 1.82) is 0 Å². The molecule has 1 heterocycles. The first-order chi connectivity index (χ1) is 16.0. The highest BCUT2D eigenvalue weighted by Crippen LogP contribution is 2.68. The fourth-order valence-electron chi connectivity index (χ4n) is 7.36. The first-order valence-electron chi connectivity index (χ1n) is 12.4. The molecule has 0 aliphatic heterocycles. The Hall–Kier alpha value is -1.86. The number of aliphatic hydroxyl groups excluding tert-OH is 1. The van der Waals surface area contributed by atoms with Crippen LogP contribution in [0.1, 0.15) is 59.8 Å². The van der Waals surface area contributed by atoms with Crippen molar-refractivity contribution in [3.05, 3.63) is 31.1 Å². The second-order valence-electron chi connectivity index (χ2n) is 11.3. The number of rotatable bonds is 5. The van der Waals surface area contributed by atoms with Crippen molar-refractivity contribution in [2.75, 3.05) is 11.5 Å². The van der Waals surface area contributed by atoms with Gasteiger partial charge >= 0.3 is 5.97 Å². The Morgan fingerprint density at radius 3 is 2.79 bits per heavy atom. The third-order valence-corrected chi connectivity index (χ3v) is 10.8. The molecule has 7 heteroatoms. The minimum Gasteiger partial charge on any atom is -0.461 e. The lowest BCUT2D eigenvalue weighted by Crippen LogP contribution is -2.63. The summed E-state index contributed by atoms with van der Waals surface area (Å²) in [4.78, 5) is 31.4. The maximum Gasteiger partial charge on any atom is 0.316 e. The van der Waals surface area contributed by atoms with Gasteiger partial charge in [-0.3, -0.25) is 14.6 Å². The molecule has 3 N–H and O–H groups in total. The molecule has 0 spiro atoms. The monoisotopic (exact) mass is 486 g/mol. The minimum atomic E-state index is -0.663. The summed E-state index contributed by atoms with van der Waals surface area (Å²) in [6.45, 7) is 12.5. The van der Waals surface area contributed by atoms with Gasteiger partial charge in [0.1, 0.15) is 11.9 Å². The van der Waals surface area contributed by atoms with Gasteiger partial charge < -0.3 is 15.6 Å². The number of anilines is 1. The summed E-state index contributed by atoms with van der Waals surface area (Å²) in [5.74, 6) is -0.0101. The summed E-state index contributed by atoms with van der Waals surface area (Å²) >= 11 is 1.33. The topological polar surface area (TPSA) is 103 Å². The summed E-state index contributed by atoms with van der Waals surface area (Å²) in [6.07, 6.45) is 7.51. The van der Waals surface area contributed by atoms with Crippen LogP contribution in [0.2, 0.25) is 0 Å². The highest BCUT2D eigenvalue weighted by molar-refractivity contribution is 8.00. The zero-order valence-electron chi connectivity index (χ0n) is 20.8. The van der Waals surface area contributed by atoms with Gasteiger partial charge in [-0.2, -0.15) is 0 Å². The standard InChI is InChI=1S/C27H38N2O4S/c1-6-25(4)13-21(33-22(31)15-34-20-9-12-29-14-18(20)28)26(5)16(2)7-10-27(17(3)24(25)32)11-8-19(30)23(26)27/h6,9,12,14,16-17,21,23-24,32H,1,7-8,10-11,13,15,28H2,2-5H3/t16-,17+,21-,23+,24+,25-,26+,27+/m1/s1. The molecule has 3 aliphatic rings. The number of pyridine rings is 1. The van der Waals surface area contributed by atoms with Crippen molar-refractivity contribution in [2.24, 2.45) is 34.0 Å². The molecule has 3 aliphatic carbocycles. The molecule has 186 valence electrons. The van der Waals surface area contributed by atoms with Crippen molar-refractivity contribution in [3.63, 3.8) is 0 Å². The number of aromatic nitrogens is 1. The molecule has 0 unspecified atom stereocenters. The molecule has 0 radical (unpaired) electrons. The van der Waals surface area contributed by atoms with E-state index in [2.05, 4.69) is 32.3 Å². The molecule has 6 nitrogen and oxygen atoms in total. The number of carbonyl (C=O) groups excluding carboxylic acids is 2. The minimum absolute atomic E-state index is 0.0411. The van der Waals surface area contributed by atoms with E-state index in [1.807, 2.05) is 13.0 Å². The number of hydrogen-bond donors (Lipinski definition) is 2. The molecule has 1 aromatic rings. The van der Waals surface area contributed by atoms with E-state index < -0.39 is 23.0 Å². The fourth-order valence-corrected chi connectivity index (χ4v) is 8.07. The van der Waals surface area contributed by atoms with E-state index >= 15 is 0 Å². The lowest BCUT2D eigenvalue weighted by Gasteiger charge is -2.61. The van der Waals surface area contributed by atoms with Gasteiger partial charge in [0.25, 0.3) is 0 Å². The molecule has 4 rings (SSSR count). The number of Topliss-reactive ketones (excluding diaryl/α,β-unsaturated/α-hetero) is 1. The molecule has 3 fully saturated rings.